The topological polar surface area (TPSA) is 66.7 Å². The van der Waals surface area contributed by atoms with Gasteiger partial charge in [0.15, 0.2) is 11.5 Å². The van der Waals surface area contributed by atoms with Gasteiger partial charge in [-0.25, -0.2) is 4.98 Å². The van der Waals surface area contributed by atoms with Gasteiger partial charge in [-0.05, 0) is 30.7 Å². The number of methoxy groups -OCH3 is 1. The summed E-state index contributed by atoms with van der Waals surface area (Å²) >= 11 is 1.55. The van der Waals surface area contributed by atoms with Crippen molar-refractivity contribution in [2.24, 2.45) is 5.10 Å². The van der Waals surface area contributed by atoms with Crippen LogP contribution < -0.4 is 10.2 Å². The number of phenols is 1. The standard InChI is InChI=1S/C18H17N3O2S/c1-12-17(14-6-4-3-5-7-14)20-18(24-12)21-19-11-13-8-9-15(22)16(10-13)23-2/h3-11,22H,1-2H3,(H,20,21)/b19-11+. The van der Waals surface area contributed by atoms with Gasteiger partial charge in [0.05, 0.1) is 19.0 Å². The van der Waals surface area contributed by atoms with Crippen molar-refractivity contribution in [1.29, 1.82) is 0 Å². The molecule has 24 heavy (non-hydrogen) atoms. The van der Waals surface area contributed by atoms with Gasteiger partial charge in [0.25, 0.3) is 0 Å². The third-order valence-electron chi connectivity index (χ3n) is 3.42. The second-order valence-corrected chi connectivity index (χ2v) is 6.29. The lowest BCUT2D eigenvalue weighted by atomic mass is 10.1. The zero-order valence-electron chi connectivity index (χ0n) is 13.4. The number of nitrogens with zero attached hydrogens (tertiary/aromatic N) is 2. The van der Waals surface area contributed by atoms with Gasteiger partial charge in [0.2, 0.25) is 5.13 Å². The van der Waals surface area contributed by atoms with E-state index in [9.17, 15) is 5.11 Å². The van der Waals surface area contributed by atoms with Gasteiger partial charge in [-0.2, -0.15) is 5.10 Å². The Bertz CT molecular complexity index is 860. The molecule has 6 heteroatoms. The molecule has 122 valence electrons. The molecule has 2 aromatic carbocycles. The number of aryl methyl sites for hydroxylation is 1. The number of phenolic OH excluding ortho intramolecular Hbond substituents is 1. The summed E-state index contributed by atoms with van der Waals surface area (Å²) in [6.07, 6.45) is 1.65. The van der Waals surface area contributed by atoms with Gasteiger partial charge in [0.1, 0.15) is 0 Å². The van der Waals surface area contributed by atoms with Gasteiger partial charge in [-0.3, -0.25) is 5.43 Å². The highest BCUT2D eigenvalue weighted by atomic mass is 32.1. The van der Waals surface area contributed by atoms with Crippen molar-refractivity contribution >= 4 is 22.7 Å². The smallest absolute Gasteiger partial charge is 0.204 e. The molecule has 0 amide bonds. The number of thiazole rings is 1. The van der Waals surface area contributed by atoms with E-state index in [0.717, 1.165) is 26.8 Å². The van der Waals surface area contributed by atoms with Crippen LogP contribution in [0.4, 0.5) is 5.13 Å². The summed E-state index contributed by atoms with van der Waals surface area (Å²) in [6.45, 7) is 2.04. The predicted molar refractivity (Wildman–Crippen MR) is 98.2 cm³/mol. The van der Waals surface area contributed by atoms with Crippen LogP contribution in [0.3, 0.4) is 0 Å². The van der Waals surface area contributed by atoms with E-state index in [1.54, 1.807) is 35.8 Å². The van der Waals surface area contributed by atoms with Crippen molar-refractivity contribution in [3.05, 3.63) is 59.0 Å². The largest absolute Gasteiger partial charge is 0.504 e. The van der Waals surface area contributed by atoms with Gasteiger partial charge in [0, 0.05) is 10.4 Å². The maximum Gasteiger partial charge on any atom is 0.204 e. The van der Waals surface area contributed by atoms with Crippen LogP contribution in [0, 0.1) is 6.92 Å². The highest BCUT2D eigenvalue weighted by Crippen LogP contribution is 2.30. The van der Waals surface area contributed by atoms with Crippen LogP contribution in [0.5, 0.6) is 11.5 Å². The molecule has 0 aliphatic carbocycles. The minimum atomic E-state index is 0.102. The van der Waals surface area contributed by atoms with E-state index >= 15 is 0 Å². The van der Waals surface area contributed by atoms with E-state index < -0.39 is 0 Å². The number of anilines is 1. The van der Waals surface area contributed by atoms with Crippen molar-refractivity contribution in [3.63, 3.8) is 0 Å². The first-order valence-corrected chi connectivity index (χ1v) is 8.18. The molecule has 0 fully saturated rings. The fourth-order valence-corrected chi connectivity index (χ4v) is 3.03. The molecule has 3 aromatic rings. The van der Waals surface area contributed by atoms with E-state index in [0.29, 0.717) is 5.75 Å². The van der Waals surface area contributed by atoms with Crippen molar-refractivity contribution in [2.45, 2.75) is 6.92 Å². The average molecular weight is 339 g/mol. The van der Waals surface area contributed by atoms with Crippen LogP contribution in [0.2, 0.25) is 0 Å². The average Bonchev–Trinajstić information content (AvgIpc) is 2.98. The molecular formula is C18H17N3O2S. The highest BCUT2D eigenvalue weighted by Gasteiger charge is 2.08. The summed E-state index contributed by atoms with van der Waals surface area (Å²) in [5.41, 5.74) is 5.82. The summed E-state index contributed by atoms with van der Waals surface area (Å²) < 4.78 is 5.08. The van der Waals surface area contributed by atoms with Crippen molar-refractivity contribution < 1.29 is 9.84 Å². The number of nitrogens with one attached hydrogen (secondary N) is 1. The Kier molecular flexibility index (Phi) is 4.77. The van der Waals surface area contributed by atoms with E-state index in [-0.39, 0.29) is 5.75 Å². The summed E-state index contributed by atoms with van der Waals surface area (Å²) in [5.74, 6) is 0.515. The SMILES string of the molecule is COc1cc(/C=N/Nc2nc(-c3ccccc3)c(C)s2)ccc1O. The summed E-state index contributed by atoms with van der Waals surface area (Å²) in [5, 5.41) is 14.5. The zero-order chi connectivity index (χ0) is 16.9. The molecule has 0 saturated carbocycles. The molecule has 0 bridgehead atoms. The molecule has 3 rings (SSSR count). The Balaban J connectivity index is 1.73. The highest BCUT2D eigenvalue weighted by molar-refractivity contribution is 7.15. The quantitative estimate of drug-likeness (QED) is 0.538. The summed E-state index contributed by atoms with van der Waals surface area (Å²) in [4.78, 5) is 5.72. The second-order valence-electron chi connectivity index (χ2n) is 5.09. The zero-order valence-corrected chi connectivity index (χ0v) is 14.2. The van der Waals surface area contributed by atoms with Crippen LogP contribution in [0.15, 0.2) is 53.6 Å². The fraction of sp³-hybridized carbons (Fsp3) is 0.111. The van der Waals surface area contributed by atoms with Crippen LogP contribution in [0.25, 0.3) is 11.3 Å². The first-order chi connectivity index (χ1) is 11.7. The van der Waals surface area contributed by atoms with E-state index in [1.165, 1.54) is 7.11 Å². The third kappa shape index (κ3) is 3.55. The molecule has 0 saturated heterocycles. The van der Waals surface area contributed by atoms with Crippen molar-refractivity contribution in [3.8, 4) is 22.8 Å². The Morgan fingerprint density at radius 1 is 1.21 bits per heavy atom. The Labute approximate surface area is 144 Å². The molecule has 0 aliphatic rings. The van der Waals surface area contributed by atoms with E-state index in [2.05, 4.69) is 15.5 Å². The molecule has 0 radical (unpaired) electrons. The number of benzene rings is 2. The minimum absolute atomic E-state index is 0.102. The molecule has 1 aromatic heterocycles. The first kappa shape index (κ1) is 16.0. The normalized spacial score (nSPS) is 10.9. The van der Waals surface area contributed by atoms with Gasteiger partial charge < -0.3 is 9.84 Å². The van der Waals surface area contributed by atoms with Gasteiger partial charge in [-0.15, -0.1) is 11.3 Å². The lowest BCUT2D eigenvalue weighted by molar-refractivity contribution is 0.373. The molecule has 1 heterocycles. The van der Waals surface area contributed by atoms with Crippen LogP contribution in [0.1, 0.15) is 10.4 Å². The van der Waals surface area contributed by atoms with Crippen LogP contribution >= 0.6 is 11.3 Å². The predicted octanol–water partition coefficient (Wildman–Crippen LogP) is 4.28. The van der Waals surface area contributed by atoms with E-state index in [1.807, 2.05) is 37.3 Å². The third-order valence-corrected chi connectivity index (χ3v) is 4.30. The van der Waals surface area contributed by atoms with Crippen LogP contribution in [-0.2, 0) is 0 Å². The molecule has 2 N–H and O–H groups in total. The number of ether oxygens (including phenoxy) is 1. The monoisotopic (exact) mass is 339 g/mol. The number of hydrogen-bond acceptors (Lipinski definition) is 6. The number of rotatable bonds is 5. The number of aromatic hydroxyl groups is 1. The maximum absolute atomic E-state index is 9.59. The lowest BCUT2D eigenvalue weighted by Crippen LogP contribution is -1.91. The Morgan fingerprint density at radius 2 is 2.00 bits per heavy atom. The number of hydrazone groups is 1. The fourth-order valence-electron chi connectivity index (χ4n) is 2.24. The molecule has 0 atom stereocenters. The first-order valence-electron chi connectivity index (χ1n) is 7.36. The van der Waals surface area contributed by atoms with Gasteiger partial charge in [-0.1, -0.05) is 30.3 Å². The molecule has 0 aliphatic heterocycles. The van der Waals surface area contributed by atoms with Gasteiger partial charge >= 0.3 is 0 Å². The lowest BCUT2D eigenvalue weighted by Gasteiger charge is -2.03. The van der Waals surface area contributed by atoms with Crippen LogP contribution in [-0.4, -0.2) is 23.4 Å². The van der Waals surface area contributed by atoms with Crippen molar-refractivity contribution in [2.75, 3.05) is 12.5 Å². The van der Waals surface area contributed by atoms with Crippen molar-refractivity contribution in [1.82, 2.24) is 4.98 Å². The molecule has 0 spiro atoms. The maximum atomic E-state index is 9.59. The molecule has 0 unspecified atom stereocenters. The number of aromatic nitrogens is 1. The summed E-state index contributed by atoms with van der Waals surface area (Å²) in [7, 11) is 1.51. The Morgan fingerprint density at radius 3 is 2.75 bits per heavy atom. The summed E-state index contributed by atoms with van der Waals surface area (Å²) in [6, 6.07) is 15.1. The second kappa shape index (κ2) is 7.14. The minimum Gasteiger partial charge on any atom is -0.504 e. The molecule has 5 nitrogen and oxygen atoms in total. The van der Waals surface area contributed by atoms with E-state index in [4.69, 9.17) is 4.74 Å². The number of hydrogen-bond donors (Lipinski definition) is 2. The Hall–Kier alpha value is -2.86. The molecular weight excluding hydrogens is 322 g/mol.